The number of carbonyl (C=O) groups is 1. The number of rotatable bonds is 5. The van der Waals surface area contributed by atoms with Crippen molar-refractivity contribution in [3.8, 4) is 0 Å². The Morgan fingerprint density at radius 2 is 1.91 bits per heavy atom. The Morgan fingerprint density at radius 3 is 2.52 bits per heavy atom. The maximum absolute atomic E-state index is 13.0. The molecule has 0 aliphatic heterocycles. The van der Waals surface area contributed by atoms with Crippen molar-refractivity contribution in [3.63, 3.8) is 0 Å². The summed E-state index contributed by atoms with van der Waals surface area (Å²) in [6, 6.07) is 16.1. The quantitative estimate of drug-likeness (QED) is 0.707. The predicted octanol–water partition coefficient (Wildman–Crippen LogP) is 5.20. The molecular weight excluding hydrogens is 350 g/mol. The summed E-state index contributed by atoms with van der Waals surface area (Å²) in [6.45, 7) is 3.58. The van der Waals surface area contributed by atoms with Crippen LogP contribution in [0.1, 0.15) is 40.7 Å². The Kier molecular flexibility index (Phi) is 5.16. The van der Waals surface area contributed by atoms with Crippen molar-refractivity contribution in [2.45, 2.75) is 32.7 Å². The van der Waals surface area contributed by atoms with Gasteiger partial charge in [0.1, 0.15) is 0 Å². The second-order valence-corrected chi connectivity index (χ2v) is 7.29. The summed E-state index contributed by atoms with van der Waals surface area (Å²) in [5, 5.41) is 0. The maximum atomic E-state index is 13.0. The van der Waals surface area contributed by atoms with Crippen molar-refractivity contribution in [2.24, 2.45) is 5.92 Å². The van der Waals surface area contributed by atoms with E-state index in [2.05, 4.69) is 28.1 Å². The molecule has 23 heavy (non-hydrogen) atoms. The topological polar surface area (TPSA) is 20.3 Å². The molecule has 3 heteroatoms. The lowest BCUT2D eigenvalue weighted by Gasteiger charge is -2.32. The van der Waals surface area contributed by atoms with Gasteiger partial charge in [-0.2, -0.15) is 0 Å². The van der Waals surface area contributed by atoms with Gasteiger partial charge >= 0.3 is 0 Å². The first-order chi connectivity index (χ1) is 11.1. The van der Waals surface area contributed by atoms with E-state index in [-0.39, 0.29) is 5.91 Å². The van der Waals surface area contributed by atoms with Crippen LogP contribution in [0.5, 0.6) is 0 Å². The molecule has 2 aromatic rings. The molecule has 0 spiro atoms. The number of carbonyl (C=O) groups excluding carboxylic acids is 1. The molecule has 0 aromatic heterocycles. The number of benzene rings is 2. The highest BCUT2D eigenvalue weighted by Crippen LogP contribution is 2.28. The van der Waals surface area contributed by atoms with Crippen molar-refractivity contribution in [1.29, 1.82) is 0 Å². The molecule has 1 saturated carbocycles. The number of hydrogen-bond acceptors (Lipinski definition) is 1. The minimum Gasteiger partial charge on any atom is -0.334 e. The van der Waals surface area contributed by atoms with Gasteiger partial charge in [-0.1, -0.05) is 58.7 Å². The van der Waals surface area contributed by atoms with Crippen LogP contribution in [0.4, 0.5) is 0 Å². The zero-order valence-electron chi connectivity index (χ0n) is 13.5. The summed E-state index contributed by atoms with van der Waals surface area (Å²) >= 11 is 3.54. The zero-order chi connectivity index (χ0) is 16.2. The molecule has 3 rings (SSSR count). The van der Waals surface area contributed by atoms with E-state index in [9.17, 15) is 4.79 Å². The lowest BCUT2D eigenvalue weighted by atomic mass is 9.85. The minimum atomic E-state index is 0.126. The average Bonchev–Trinajstić information content (AvgIpc) is 2.52. The van der Waals surface area contributed by atoms with Crippen LogP contribution in [0.15, 0.2) is 53.0 Å². The van der Waals surface area contributed by atoms with Gasteiger partial charge in [-0.05, 0) is 48.9 Å². The lowest BCUT2D eigenvalue weighted by molar-refractivity contribution is 0.0679. The average molecular weight is 372 g/mol. The molecule has 2 nitrogen and oxygen atoms in total. The van der Waals surface area contributed by atoms with Gasteiger partial charge in [0.15, 0.2) is 0 Å². The van der Waals surface area contributed by atoms with Crippen LogP contribution < -0.4 is 0 Å². The van der Waals surface area contributed by atoms with E-state index < -0.39 is 0 Å². The van der Waals surface area contributed by atoms with Gasteiger partial charge in [0.25, 0.3) is 5.91 Å². The Morgan fingerprint density at radius 1 is 1.17 bits per heavy atom. The van der Waals surface area contributed by atoms with E-state index in [1.807, 2.05) is 48.2 Å². The zero-order valence-corrected chi connectivity index (χ0v) is 15.1. The number of amides is 1. The smallest absolute Gasteiger partial charge is 0.254 e. The summed E-state index contributed by atoms with van der Waals surface area (Å²) in [5.74, 6) is 0.790. The van der Waals surface area contributed by atoms with E-state index in [1.165, 1.54) is 24.8 Å². The first-order valence-corrected chi connectivity index (χ1v) is 9.02. The normalized spacial score (nSPS) is 14.3. The summed E-state index contributed by atoms with van der Waals surface area (Å²) in [4.78, 5) is 15.0. The van der Waals surface area contributed by atoms with Crippen molar-refractivity contribution in [2.75, 3.05) is 6.54 Å². The second-order valence-electron chi connectivity index (χ2n) is 6.43. The third-order valence-electron chi connectivity index (χ3n) is 4.63. The highest BCUT2D eigenvalue weighted by molar-refractivity contribution is 9.10. The fraction of sp³-hybridized carbons (Fsp3) is 0.350. The van der Waals surface area contributed by atoms with Crippen LogP contribution in [-0.4, -0.2) is 17.4 Å². The maximum Gasteiger partial charge on any atom is 0.254 e. The second kappa shape index (κ2) is 7.31. The number of halogens is 1. The van der Waals surface area contributed by atoms with E-state index >= 15 is 0 Å². The Bertz CT molecular complexity index is 679. The first kappa shape index (κ1) is 16.3. The summed E-state index contributed by atoms with van der Waals surface area (Å²) in [6.07, 6.45) is 3.79. The van der Waals surface area contributed by atoms with Crippen molar-refractivity contribution in [1.82, 2.24) is 4.90 Å². The van der Waals surface area contributed by atoms with Gasteiger partial charge in [-0.3, -0.25) is 4.79 Å². The molecule has 1 amide bonds. The molecule has 120 valence electrons. The van der Waals surface area contributed by atoms with Crippen LogP contribution in [0, 0.1) is 12.8 Å². The summed E-state index contributed by atoms with van der Waals surface area (Å²) < 4.78 is 0.992. The highest BCUT2D eigenvalue weighted by atomic mass is 79.9. The van der Waals surface area contributed by atoms with Crippen molar-refractivity contribution in [3.05, 3.63) is 69.7 Å². The molecule has 1 aliphatic rings. The molecule has 0 heterocycles. The van der Waals surface area contributed by atoms with Crippen LogP contribution in [0.3, 0.4) is 0 Å². The van der Waals surface area contributed by atoms with Gasteiger partial charge in [-0.25, -0.2) is 0 Å². The standard InChI is InChI=1S/C20H22BrNO/c1-15-10-11-18(12-19(15)21)20(23)22(14-17-8-5-9-17)13-16-6-3-2-4-7-16/h2-4,6-7,10-12,17H,5,8-9,13-14H2,1H3. The molecule has 1 aliphatic carbocycles. The Hall–Kier alpha value is -1.61. The number of aryl methyl sites for hydroxylation is 1. The van der Waals surface area contributed by atoms with E-state index in [0.29, 0.717) is 12.5 Å². The van der Waals surface area contributed by atoms with E-state index in [1.54, 1.807) is 0 Å². The SMILES string of the molecule is Cc1ccc(C(=O)N(Cc2ccccc2)CC2CCC2)cc1Br. The summed E-state index contributed by atoms with van der Waals surface area (Å²) in [5.41, 5.74) is 3.10. The van der Waals surface area contributed by atoms with Crippen LogP contribution in [0.25, 0.3) is 0 Å². The van der Waals surface area contributed by atoms with Crippen LogP contribution in [0.2, 0.25) is 0 Å². The fourth-order valence-electron chi connectivity index (χ4n) is 2.92. The van der Waals surface area contributed by atoms with Crippen LogP contribution in [-0.2, 0) is 6.54 Å². The van der Waals surface area contributed by atoms with Gasteiger partial charge < -0.3 is 4.90 Å². The molecule has 0 radical (unpaired) electrons. The number of nitrogens with zero attached hydrogens (tertiary/aromatic N) is 1. The Balaban J connectivity index is 1.80. The number of hydrogen-bond donors (Lipinski definition) is 0. The highest BCUT2D eigenvalue weighted by Gasteiger charge is 2.24. The molecule has 0 atom stereocenters. The monoisotopic (exact) mass is 371 g/mol. The van der Waals surface area contributed by atoms with Gasteiger partial charge in [0, 0.05) is 23.1 Å². The lowest BCUT2D eigenvalue weighted by Crippen LogP contribution is -2.37. The molecule has 1 fully saturated rings. The molecule has 2 aromatic carbocycles. The fourth-order valence-corrected chi connectivity index (χ4v) is 3.30. The third kappa shape index (κ3) is 4.03. The van der Waals surface area contributed by atoms with E-state index in [4.69, 9.17) is 0 Å². The van der Waals surface area contributed by atoms with Gasteiger partial charge in [0.2, 0.25) is 0 Å². The van der Waals surface area contributed by atoms with Crippen molar-refractivity contribution >= 4 is 21.8 Å². The molecule has 0 bridgehead atoms. The largest absolute Gasteiger partial charge is 0.334 e. The molecule has 0 unspecified atom stereocenters. The third-order valence-corrected chi connectivity index (χ3v) is 5.48. The van der Waals surface area contributed by atoms with Crippen molar-refractivity contribution < 1.29 is 4.79 Å². The molecule has 0 saturated heterocycles. The Labute approximate surface area is 146 Å². The minimum absolute atomic E-state index is 0.126. The van der Waals surface area contributed by atoms with Crippen LogP contribution >= 0.6 is 15.9 Å². The predicted molar refractivity (Wildman–Crippen MR) is 97.4 cm³/mol. The van der Waals surface area contributed by atoms with E-state index in [0.717, 1.165) is 22.1 Å². The van der Waals surface area contributed by atoms with Gasteiger partial charge in [-0.15, -0.1) is 0 Å². The summed E-state index contributed by atoms with van der Waals surface area (Å²) in [7, 11) is 0. The molecular formula is C20H22BrNO. The van der Waals surface area contributed by atoms with Gasteiger partial charge in [0.05, 0.1) is 0 Å². The molecule has 0 N–H and O–H groups in total. The first-order valence-electron chi connectivity index (χ1n) is 8.23.